The Bertz CT molecular complexity index is 1250. The first kappa shape index (κ1) is 14.9. The fraction of sp³-hybridized carbons (Fsp3) is 0.150. The molecule has 26 heavy (non-hydrogen) atoms. The van der Waals surface area contributed by atoms with Crippen LogP contribution in [0.1, 0.15) is 10.5 Å². The van der Waals surface area contributed by atoms with Crippen LogP contribution in [0.2, 0.25) is 0 Å². The van der Waals surface area contributed by atoms with E-state index < -0.39 is 0 Å². The Morgan fingerprint density at radius 1 is 1.15 bits per heavy atom. The van der Waals surface area contributed by atoms with Gasteiger partial charge in [-0.2, -0.15) is 4.99 Å². The first-order chi connectivity index (χ1) is 12.7. The number of hydrogen-bond donors (Lipinski definition) is 1. The van der Waals surface area contributed by atoms with E-state index in [1.54, 1.807) is 0 Å². The molecule has 6 nitrogen and oxygen atoms in total. The van der Waals surface area contributed by atoms with E-state index in [0.29, 0.717) is 11.3 Å². The van der Waals surface area contributed by atoms with Crippen molar-refractivity contribution in [3.63, 3.8) is 0 Å². The number of amides is 1. The van der Waals surface area contributed by atoms with Crippen molar-refractivity contribution in [2.45, 2.75) is 6.54 Å². The van der Waals surface area contributed by atoms with Crippen LogP contribution in [0.3, 0.4) is 0 Å². The highest BCUT2D eigenvalue weighted by molar-refractivity contribution is 5.99. The molecule has 1 aliphatic rings. The lowest BCUT2D eigenvalue weighted by molar-refractivity contribution is 0.0989. The van der Waals surface area contributed by atoms with Gasteiger partial charge in [0.1, 0.15) is 11.5 Å². The Hall–Kier alpha value is -3.41. The van der Waals surface area contributed by atoms with Gasteiger partial charge in [-0.3, -0.25) is 9.36 Å². The molecule has 0 atom stereocenters. The number of aryl methyl sites for hydroxylation is 1. The zero-order valence-corrected chi connectivity index (χ0v) is 14.3. The molecule has 2 aromatic heterocycles. The molecular formula is C20H17N5O. The number of para-hydroxylation sites is 2. The van der Waals surface area contributed by atoms with Crippen LogP contribution < -0.4 is 10.9 Å². The van der Waals surface area contributed by atoms with E-state index >= 15 is 0 Å². The maximum Gasteiger partial charge on any atom is 0.296 e. The highest BCUT2D eigenvalue weighted by Gasteiger charge is 2.17. The molecular weight excluding hydrogens is 326 g/mol. The number of carbonyl (C=O) groups is 1. The van der Waals surface area contributed by atoms with Crippen LogP contribution >= 0.6 is 0 Å². The van der Waals surface area contributed by atoms with Crippen LogP contribution in [0.25, 0.3) is 21.8 Å². The smallest absolute Gasteiger partial charge is 0.296 e. The zero-order valence-electron chi connectivity index (χ0n) is 14.3. The summed E-state index contributed by atoms with van der Waals surface area (Å²) < 4.78 is 3.86. The molecule has 0 saturated heterocycles. The number of nitrogens with one attached hydrogen (secondary N) is 1. The molecule has 2 aromatic carbocycles. The second-order valence-electron chi connectivity index (χ2n) is 6.42. The van der Waals surface area contributed by atoms with Gasteiger partial charge in [-0.1, -0.05) is 30.3 Å². The molecule has 0 unspecified atom stereocenters. The van der Waals surface area contributed by atoms with Gasteiger partial charge >= 0.3 is 0 Å². The first-order valence-electron chi connectivity index (χ1n) is 8.59. The minimum Gasteiger partial charge on any atom is -0.369 e. The maximum absolute atomic E-state index is 12.9. The van der Waals surface area contributed by atoms with Gasteiger partial charge in [0, 0.05) is 36.4 Å². The zero-order chi connectivity index (χ0) is 17.7. The van der Waals surface area contributed by atoms with Gasteiger partial charge in [-0.15, -0.1) is 0 Å². The lowest BCUT2D eigenvalue weighted by Crippen LogP contribution is -2.25. The molecule has 0 spiro atoms. The Morgan fingerprint density at radius 3 is 2.85 bits per heavy atom. The SMILES string of the molecule is Cn1c(C(=O)N=c2nc3ccccc3c3n2CCN3)cc2ccccc21. The third kappa shape index (κ3) is 2.15. The predicted octanol–water partition coefficient (Wildman–Crippen LogP) is 2.69. The molecule has 1 amide bonds. The van der Waals surface area contributed by atoms with E-state index in [2.05, 4.69) is 15.3 Å². The number of fused-ring (bicyclic) bond motifs is 4. The van der Waals surface area contributed by atoms with E-state index in [1.165, 1.54) is 0 Å². The van der Waals surface area contributed by atoms with Crippen molar-refractivity contribution in [2.24, 2.45) is 12.0 Å². The topological polar surface area (TPSA) is 64.2 Å². The van der Waals surface area contributed by atoms with Gasteiger partial charge in [-0.05, 0) is 24.3 Å². The van der Waals surface area contributed by atoms with Gasteiger partial charge in [0.25, 0.3) is 5.91 Å². The summed E-state index contributed by atoms with van der Waals surface area (Å²) in [4.78, 5) is 21.9. The highest BCUT2D eigenvalue weighted by Crippen LogP contribution is 2.23. The maximum atomic E-state index is 12.9. The lowest BCUT2D eigenvalue weighted by Gasteiger charge is -2.07. The number of hydrogen-bond acceptors (Lipinski definition) is 3. The Morgan fingerprint density at radius 2 is 1.96 bits per heavy atom. The van der Waals surface area contributed by atoms with Gasteiger partial charge in [-0.25, -0.2) is 4.98 Å². The van der Waals surface area contributed by atoms with Crippen molar-refractivity contribution in [3.8, 4) is 0 Å². The van der Waals surface area contributed by atoms with Crippen molar-refractivity contribution >= 4 is 33.5 Å². The quantitative estimate of drug-likeness (QED) is 0.578. The van der Waals surface area contributed by atoms with Crippen LogP contribution in [0.15, 0.2) is 59.6 Å². The summed E-state index contributed by atoms with van der Waals surface area (Å²) in [5.41, 5.74) is 2.84. The fourth-order valence-electron chi connectivity index (χ4n) is 3.60. The van der Waals surface area contributed by atoms with Crippen LogP contribution in [0.4, 0.5) is 5.82 Å². The molecule has 0 radical (unpaired) electrons. The second kappa shape index (κ2) is 5.56. The number of carbonyl (C=O) groups excluding carboxylic acids is 1. The molecule has 6 heteroatoms. The molecule has 4 aromatic rings. The van der Waals surface area contributed by atoms with Crippen LogP contribution in [0.5, 0.6) is 0 Å². The van der Waals surface area contributed by atoms with Crippen molar-refractivity contribution in [2.75, 3.05) is 11.9 Å². The van der Waals surface area contributed by atoms with Crippen molar-refractivity contribution < 1.29 is 4.79 Å². The number of nitrogens with zero attached hydrogens (tertiary/aromatic N) is 4. The van der Waals surface area contributed by atoms with E-state index in [-0.39, 0.29) is 5.91 Å². The van der Waals surface area contributed by atoms with Gasteiger partial charge < -0.3 is 9.88 Å². The van der Waals surface area contributed by atoms with Crippen LogP contribution in [0, 0.1) is 0 Å². The van der Waals surface area contributed by atoms with Gasteiger partial charge in [0.2, 0.25) is 5.62 Å². The third-order valence-corrected chi connectivity index (χ3v) is 4.89. The van der Waals surface area contributed by atoms with Crippen LogP contribution in [-0.2, 0) is 13.6 Å². The van der Waals surface area contributed by atoms with E-state index in [1.807, 2.05) is 70.8 Å². The van der Waals surface area contributed by atoms with Crippen molar-refractivity contribution in [1.82, 2.24) is 14.1 Å². The van der Waals surface area contributed by atoms with E-state index in [9.17, 15) is 4.79 Å². The molecule has 0 aliphatic carbocycles. The Balaban J connectivity index is 1.71. The van der Waals surface area contributed by atoms with E-state index in [4.69, 9.17) is 0 Å². The molecule has 1 N–H and O–H groups in total. The highest BCUT2D eigenvalue weighted by atomic mass is 16.1. The van der Waals surface area contributed by atoms with Crippen molar-refractivity contribution in [3.05, 3.63) is 65.9 Å². The summed E-state index contributed by atoms with van der Waals surface area (Å²) >= 11 is 0. The molecule has 0 saturated carbocycles. The average Bonchev–Trinajstić information content (AvgIpc) is 3.28. The molecule has 5 rings (SSSR count). The number of rotatable bonds is 1. The standard InChI is InChI=1S/C20H17N5O/c1-24-16-9-5-2-6-13(16)12-17(24)19(26)23-20-22-15-8-4-3-7-14(15)18-21-10-11-25(18)20/h2-9,12,21H,10-11H2,1H3. The minimum absolute atomic E-state index is 0.284. The summed E-state index contributed by atoms with van der Waals surface area (Å²) in [6.45, 7) is 1.55. The van der Waals surface area contributed by atoms with E-state index in [0.717, 1.165) is 40.7 Å². The number of benzene rings is 2. The summed E-state index contributed by atoms with van der Waals surface area (Å²) in [7, 11) is 1.89. The van der Waals surface area contributed by atoms with Gasteiger partial charge in [0.05, 0.1) is 5.52 Å². The molecule has 128 valence electrons. The number of aromatic nitrogens is 3. The largest absolute Gasteiger partial charge is 0.369 e. The summed E-state index contributed by atoms with van der Waals surface area (Å²) in [6.07, 6.45) is 0. The monoisotopic (exact) mass is 343 g/mol. The predicted molar refractivity (Wildman–Crippen MR) is 101 cm³/mol. The second-order valence-corrected chi connectivity index (χ2v) is 6.42. The summed E-state index contributed by atoms with van der Waals surface area (Å²) in [6, 6.07) is 17.7. The lowest BCUT2D eigenvalue weighted by atomic mass is 10.2. The van der Waals surface area contributed by atoms with Crippen molar-refractivity contribution in [1.29, 1.82) is 0 Å². The summed E-state index contributed by atoms with van der Waals surface area (Å²) in [5, 5.41) is 5.45. The molecule has 1 aliphatic heterocycles. The fourth-order valence-corrected chi connectivity index (χ4v) is 3.60. The minimum atomic E-state index is -0.284. The Labute approximate surface area is 149 Å². The third-order valence-electron chi connectivity index (χ3n) is 4.89. The van der Waals surface area contributed by atoms with Gasteiger partial charge in [0.15, 0.2) is 0 Å². The average molecular weight is 343 g/mol. The normalized spacial score (nSPS) is 14.0. The first-order valence-corrected chi connectivity index (χ1v) is 8.59. The van der Waals surface area contributed by atoms with Crippen LogP contribution in [-0.4, -0.2) is 26.6 Å². The molecule has 3 heterocycles. The Kier molecular flexibility index (Phi) is 3.18. The number of anilines is 1. The summed E-state index contributed by atoms with van der Waals surface area (Å²) in [5.74, 6) is 0.687. The molecule has 0 bridgehead atoms. The molecule has 0 fully saturated rings.